The number of carbonyl (C=O) groups excluding carboxylic acids is 2. The zero-order valence-electron chi connectivity index (χ0n) is 14.4. The third-order valence-electron chi connectivity index (χ3n) is 3.60. The molecule has 134 valence electrons. The number of hydrogen-bond acceptors (Lipinski definition) is 5. The fourth-order valence-corrected chi connectivity index (χ4v) is 3.35. The molecule has 3 amide bonds. The highest BCUT2D eigenvalue weighted by Gasteiger charge is 2.13. The molecular formula is C18H18N4O3S. The summed E-state index contributed by atoms with van der Waals surface area (Å²) in [6, 6.07) is 14.4. The Balaban J connectivity index is 1.63. The van der Waals surface area contributed by atoms with Gasteiger partial charge in [-0.25, -0.2) is 14.6 Å². The molecule has 0 spiro atoms. The highest BCUT2D eigenvalue weighted by atomic mass is 32.1. The lowest BCUT2D eigenvalue weighted by atomic mass is 10.3. The van der Waals surface area contributed by atoms with Gasteiger partial charge in [-0.05, 0) is 30.3 Å². The third-order valence-corrected chi connectivity index (χ3v) is 4.62. The molecule has 3 rings (SSSR count). The van der Waals surface area contributed by atoms with E-state index in [9.17, 15) is 9.59 Å². The number of hydrogen-bond donors (Lipinski definition) is 2. The van der Waals surface area contributed by atoms with Gasteiger partial charge in [0.2, 0.25) is 0 Å². The van der Waals surface area contributed by atoms with Crippen LogP contribution >= 0.6 is 11.3 Å². The monoisotopic (exact) mass is 370 g/mol. The Morgan fingerprint density at radius 3 is 2.58 bits per heavy atom. The molecule has 7 nitrogen and oxygen atoms in total. The second kappa shape index (κ2) is 7.83. The lowest BCUT2D eigenvalue weighted by Crippen LogP contribution is -2.30. The van der Waals surface area contributed by atoms with Gasteiger partial charge in [-0.1, -0.05) is 18.2 Å². The summed E-state index contributed by atoms with van der Waals surface area (Å²) in [5.41, 5.74) is 2.03. The fourth-order valence-electron chi connectivity index (χ4n) is 2.32. The highest BCUT2D eigenvalue weighted by molar-refractivity contribution is 7.18. The smallest absolute Gasteiger partial charge is 0.411 e. The number of nitrogens with one attached hydrogen (secondary N) is 2. The fraction of sp³-hybridized carbons (Fsp3) is 0.167. The van der Waals surface area contributed by atoms with Gasteiger partial charge in [0.15, 0.2) is 0 Å². The van der Waals surface area contributed by atoms with Crippen LogP contribution in [0.3, 0.4) is 0 Å². The molecule has 0 aliphatic rings. The van der Waals surface area contributed by atoms with E-state index in [4.69, 9.17) is 0 Å². The van der Waals surface area contributed by atoms with Crippen molar-refractivity contribution in [2.75, 3.05) is 24.8 Å². The number of nitrogens with zero attached hydrogens (tertiary/aromatic N) is 2. The summed E-state index contributed by atoms with van der Waals surface area (Å²) < 4.78 is 5.65. The van der Waals surface area contributed by atoms with Crippen LogP contribution in [0.25, 0.3) is 10.2 Å². The molecule has 0 bridgehead atoms. The van der Waals surface area contributed by atoms with Crippen molar-refractivity contribution < 1.29 is 14.3 Å². The molecule has 1 heterocycles. The molecule has 0 aliphatic carbocycles. The number of anilines is 2. The summed E-state index contributed by atoms with van der Waals surface area (Å²) in [6.07, 6.45) is -0.568. The van der Waals surface area contributed by atoms with E-state index in [1.807, 2.05) is 24.3 Å². The zero-order chi connectivity index (χ0) is 18.5. The lowest BCUT2D eigenvalue weighted by Gasteiger charge is -2.17. The number of carbonyl (C=O) groups is 2. The average Bonchev–Trinajstić information content (AvgIpc) is 3.04. The first-order valence-corrected chi connectivity index (χ1v) is 8.68. The van der Waals surface area contributed by atoms with Crippen molar-refractivity contribution in [3.05, 3.63) is 53.5 Å². The van der Waals surface area contributed by atoms with Crippen molar-refractivity contribution in [2.24, 2.45) is 0 Å². The zero-order valence-corrected chi connectivity index (χ0v) is 15.2. The van der Waals surface area contributed by atoms with Gasteiger partial charge in [0.1, 0.15) is 5.01 Å². The quantitative estimate of drug-likeness (QED) is 0.723. The van der Waals surface area contributed by atoms with Crippen LogP contribution in [0.15, 0.2) is 48.5 Å². The van der Waals surface area contributed by atoms with E-state index in [1.54, 1.807) is 47.5 Å². The molecule has 8 heteroatoms. The van der Waals surface area contributed by atoms with Crippen LogP contribution in [-0.2, 0) is 11.3 Å². The summed E-state index contributed by atoms with van der Waals surface area (Å²) in [7, 11) is 3.00. The Morgan fingerprint density at radius 1 is 1.12 bits per heavy atom. The van der Waals surface area contributed by atoms with Crippen LogP contribution in [0, 0.1) is 0 Å². The summed E-state index contributed by atoms with van der Waals surface area (Å²) in [5, 5.41) is 6.22. The van der Waals surface area contributed by atoms with E-state index < -0.39 is 6.09 Å². The second-order valence-electron chi connectivity index (χ2n) is 5.56. The van der Waals surface area contributed by atoms with Crippen molar-refractivity contribution in [2.45, 2.75) is 6.54 Å². The molecule has 0 saturated heterocycles. The standard InChI is InChI=1S/C18H18N4O3S/c1-22(11-16-21-14-8-3-4-9-15(14)26-16)17(23)19-12-6-5-7-13(10-12)20-18(24)25-2/h3-10H,11H2,1-2H3,(H,19,23)(H,20,24). The van der Waals surface area contributed by atoms with E-state index in [0.717, 1.165) is 15.2 Å². The normalized spacial score (nSPS) is 10.4. The van der Waals surface area contributed by atoms with E-state index in [2.05, 4.69) is 20.4 Å². The Kier molecular flexibility index (Phi) is 5.33. The van der Waals surface area contributed by atoms with Gasteiger partial charge in [0, 0.05) is 18.4 Å². The van der Waals surface area contributed by atoms with Crippen molar-refractivity contribution in [1.82, 2.24) is 9.88 Å². The minimum absolute atomic E-state index is 0.264. The Bertz CT molecular complexity index is 908. The highest BCUT2D eigenvalue weighted by Crippen LogP contribution is 2.22. The molecular weight excluding hydrogens is 352 g/mol. The van der Waals surface area contributed by atoms with Gasteiger partial charge in [-0.2, -0.15) is 0 Å². The number of thiazole rings is 1. The molecule has 0 radical (unpaired) electrons. The Morgan fingerprint density at radius 2 is 1.85 bits per heavy atom. The molecule has 2 aromatic carbocycles. The molecule has 0 fully saturated rings. The third kappa shape index (κ3) is 4.28. The molecule has 26 heavy (non-hydrogen) atoms. The van der Waals surface area contributed by atoms with E-state index in [1.165, 1.54) is 7.11 Å². The van der Waals surface area contributed by atoms with Gasteiger partial charge in [-0.3, -0.25) is 5.32 Å². The SMILES string of the molecule is COC(=O)Nc1cccc(NC(=O)N(C)Cc2nc3ccccc3s2)c1. The number of fused-ring (bicyclic) bond motifs is 1. The van der Waals surface area contributed by atoms with E-state index >= 15 is 0 Å². The molecule has 1 aromatic heterocycles. The molecule has 2 N–H and O–H groups in total. The van der Waals surface area contributed by atoms with Crippen molar-refractivity contribution in [3.63, 3.8) is 0 Å². The van der Waals surface area contributed by atoms with Gasteiger partial charge in [0.05, 0.1) is 23.9 Å². The van der Waals surface area contributed by atoms with Crippen LogP contribution in [0.2, 0.25) is 0 Å². The number of amides is 3. The van der Waals surface area contributed by atoms with E-state index in [0.29, 0.717) is 17.9 Å². The minimum atomic E-state index is -0.568. The van der Waals surface area contributed by atoms with Crippen molar-refractivity contribution in [3.8, 4) is 0 Å². The number of methoxy groups -OCH3 is 1. The van der Waals surface area contributed by atoms with Gasteiger partial charge in [-0.15, -0.1) is 11.3 Å². The first kappa shape index (κ1) is 17.7. The Labute approximate surface area is 154 Å². The molecule has 3 aromatic rings. The molecule has 0 saturated carbocycles. The van der Waals surface area contributed by atoms with Crippen LogP contribution in [0.1, 0.15) is 5.01 Å². The molecule has 0 unspecified atom stereocenters. The summed E-state index contributed by atoms with van der Waals surface area (Å²) in [6.45, 7) is 0.408. The number of urea groups is 1. The Hall–Kier alpha value is -3.13. The number of ether oxygens (including phenoxy) is 1. The van der Waals surface area contributed by atoms with E-state index in [-0.39, 0.29) is 6.03 Å². The summed E-state index contributed by atoms with van der Waals surface area (Å²) in [5.74, 6) is 0. The van der Waals surface area contributed by atoms with Gasteiger partial charge in [0.25, 0.3) is 0 Å². The summed E-state index contributed by atoms with van der Waals surface area (Å²) >= 11 is 1.57. The number of para-hydroxylation sites is 1. The average molecular weight is 370 g/mol. The van der Waals surface area contributed by atoms with Crippen LogP contribution in [-0.4, -0.2) is 36.2 Å². The topological polar surface area (TPSA) is 83.6 Å². The van der Waals surface area contributed by atoms with Gasteiger partial charge >= 0.3 is 12.1 Å². The lowest BCUT2D eigenvalue weighted by molar-refractivity contribution is 0.187. The van der Waals surface area contributed by atoms with Crippen molar-refractivity contribution >= 4 is 45.1 Å². The maximum Gasteiger partial charge on any atom is 0.411 e. The van der Waals surface area contributed by atoms with Crippen LogP contribution in [0.5, 0.6) is 0 Å². The van der Waals surface area contributed by atoms with Gasteiger partial charge < -0.3 is 15.0 Å². The van der Waals surface area contributed by atoms with Crippen molar-refractivity contribution in [1.29, 1.82) is 0 Å². The first-order chi connectivity index (χ1) is 12.5. The first-order valence-electron chi connectivity index (χ1n) is 7.87. The minimum Gasteiger partial charge on any atom is -0.453 e. The second-order valence-corrected chi connectivity index (χ2v) is 6.67. The largest absolute Gasteiger partial charge is 0.453 e. The van der Waals surface area contributed by atoms with Crippen LogP contribution < -0.4 is 10.6 Å². The predicted molar refractivity (Wildman–Crippen MR) is 103 cm³/mol. The molecule has 0 atom stereocenters. The molecule has 0 aliphatic heterocycles. The maximum absolute atomic E-state index is 12.4. The maximum atomic E-state index is 12.4. The number of benzene rings is 2. The number of rotatable bonds is 4. The number of aromatic nitrogens is 1. The van der Waals surface area contributed by atoms with Crippen LogP contribution in [0.4, 0.5) is 21.0 Å². The summed E-state index contributed by atoms with van der Waals surface area (Å²) in [4.78, 5) is 29.8. The predicted octanol–water partition coefficient (Wildman–Crippen LogP) is 4.14.